The third-order valence-electron chi connectivity index (χ3n) is 4.82. The Bertz CT molecular complexity index is 895. The maximum atomic E-state index is 12.4. The van der Waals surface area contributed by atoms with Gasteiger partial charge in [-0.25, -0.2) is 4.79 Å². The largest absolute Gasteiger partial charge is 0.450 e. The Labute approximate surface area is 151 Å². The Hall–Kier alpha value is -2.62. The van der Waals surface area contributed by atoms with Crippen LogP contribution in [-0.4, -0.2) is 47.8 Å². The second-order valence-electron chi connectivity index (χ2n) is 6.77. The van der Waals surface area contributed by atoms with E-state index < -0.39 is 18.8 Å². The fourth-order valence-electron chi connectivity index (χ4n) is 3.60. The van der Waals surface area contributed by atoms with Crippen LogP contribution in [-0.2, 0) is 4.74 Å². The molecule has 2 saturated heterocycles. The molecule has 4 heterocycles. The third kappa shape index (κ3) is 3.75. The van der Waals surface area contributed by atoms with Gasteiger partial charge in [-0.3, -0.25) is 9.78 Å². The quantitative estimate of drug-likeness (QED) is 0.786. The van der Waals surface area contributed by atoms with Gasteiger partial charge in [-0.2, -0.15) is 13.2 Å². The smallest absolute Gasteiger partial charge is 0.422 e. The van der Waals surface area contributed by atoms with Crippen LogP contribution in [0.1, 0.15) is 40.3 Å². The van der Waals surface area contributed by atoms with Crippen molar-refractivity contribution in [2.24, 2.45) is 0 Å². The Morgan fingerprint density at radius 2 is 2.15 bits per heavy atom. The van der Waals surface area contributed by atoms with Gasteiger partial charge in [-0.15, -0.1) is 0 Å². The molecule has 2 bridgehead atoms. The maximum Gasteiger partial charge on any atom is 0.422 e. The summed E-state index contributed by atoms with van der Waals surface area (Å²) >= 11 is 0. The fraction of sp³-hybridized carbons (Fsp3) is 0.471. The predicted molar refractivity (Wildman–Crippen MR) is 86.2 cm³/mol. The number of esters is 1. The molecular formula is C17H16F3N3O4. The average molecular weight is 383 g/mol. The van der Waals surface area contributed by atoms with E-state index >= 15 is 0 Å². The van der Waals surface area contributed by atoms with Gasteiger partial charge in [-0.1, -0.05) is 0 Å². The number of rotatable bonds is 4. The van der Waals surface area contributed by atoms with Gasteiger partial charge in [0.2, 0.25) is 5.76 Å². The Morgan fingerprint density at radius 1 is 1.33 bits per heavy atom. The van der Waals surface area contributed by atoms with Crippen molar-refractivity contribution in [2.45, 2.75) is 43.6 Å². The molecule has 0 spiro atoms. The number of carbonyl (C=O) groups is 2. The van der Waals surface area contributed by atoms with E-state index in [1.54, 1.807) is 0 Å². The summed E-state index contributed by atoms with van der Waals surface area (Å²) in [4.78, 5) is 28.1. The number of furan rings is 1. The summed E-state index contributed by atoms with van der Waals surface area (Å²) in [6.45, 7) is -1.70. The number of hydrogen-bond donors (Lipinski definition) is 2. The highest BCUT2D eigenvalue weighted by Gasteiger charge is 2.39. The molecule has 4 rings (SSSR count). The van der Waals surface area contributed by atoms with Crippen molar-refractivity contribution in [2.75, 3.05) is 6.61 Å². The van der Waals surface area contributed by atoms with Crippen LogP contribution < -0.4 is 10.6 Å². The van der Waals surface area contributed by atoms with Crippen LogP contribution in [0.25, 0.3) is 11.0 Å². The minimum atomic E-state index is -4.62. The number of amides is 1. The van der Waals surface area contributed by atoms with Gasteiger partial charge >= 0.3 is 12.1 Å². The zero-order chi connectivity index (χ0) is 19.2. The number of halogens is 3. The second kappa shape index (κ2) is 6.52. The monoisotopic (exact) mass is 383 g/mol. The summed E-state index contributed by atoms with van der Waals surface area (Å²) in [6, 6.07) is 3.32. The SMILES string of the molecule is O=C(N[C@@H]1C[C@H]2CC[C@@H]1N2)c1cc2oc(C(=O)OCC(F)(F)F)cc2cn1. The van der Waals surface area contributed by atoms with E-state index in [1.807, 2.05) is 0 Å². The molecule has 2 aromatic heterocycles. The van der Waals surface area contributed by atoms with Gasteiger partial charge in [0, 0.05) is 41.8 Å². The van der Waals surface area contributed by atoms with Crippen LogP contribution in [0.5, 0.6) is 0 Å². The van der Waals surface area contributed by atoms with Crippen LogP contribution in [0.15, 0.2) is 22.7 Å². The van der Waals surface area contributed by atoms with Gasteiger partial charge in [0.1, 0.15) is 11.3 Å². The predicted octanol–water partition coefficient (Wildman–Crippen LogP) is 2.17. The summed E-state index contributed by atoms with van der Waals surface area (Å²) in [7, 11) is 0. The Morgan fingerprint density at radius 3 is 2.81 bits per heavy atom. The standard InChI is InChI=1S/C17H16F3N3O4/c18-17(19,20)7-26-16(25)14-3-8-6-21-12(5-13(8)27-14)15(24)23-11-4-9-1-2-10(11)22-9/h3,5-6,9-11,22H,1-2,4,7H2,(H,23,24)/t9-,10+,11-/m1/s1. The molecule has 0 radical (unpaired) electrons. The number of alkyl halides is 3. The lowest BCUT2D eigenvalue weighted by atomic mass is 9.95. The maximum absolute atomic E-state index is 12.4. The topological polar surface area (TPSA) is 93.5 Å². The molecule has 0 unspecified atom stereocenters. The second-order valence-corrected chi connectivity index (χ2v) is 6.77. The number of nitrogens with zero attached hydrogens (tertiary/aromatic N) is 1. The van der Waals surface area contributed by atoms with E-state index in [2.05, 4.69) is 20.4 Å². The zero-order valence-electron chi connectivity index (χ0n) is 14.0. The van der Waals surface area contributed by atoms with E-state index in [0.717, 1.165) is 19.3 Å². The average Bonchev–Trinajstić information content (AvgIpc) is 3.32. The lowest BCUT2D eigenvalue weighted by molar-refractivity contribution is -0.161. The first-order valence-corrected chi connectivity index (χ1v) is 8.49. The molecule has 144 valence electrons. The first-order valence-electron chi connectivity index (χ1n) is 8.49. The number of pyridine rings is 1. The molecule has 27 heavy (non-hydrogen) atoms. The highest BCUT2D eigenvalue weighted by atomic mass is 19.4. The number of aromatic nitrogens is 1. The molecule has 3 atom stereocenters. The highest BCUT2D eigenvalue weighted by Crippen LogP contribution is 2.28. The van der Waals surface area contributed by atoms with Crippen molar-refractivity contribution in [1.29, 1.82) is 0 Å². The first kappa shape index (κ1) is 17.8. The van der Waals surface area contributed by atoms with E-state index in [9.17, 15) is 22.8 Å². The summed E-state index contributed by atoms with van der Waals surface area (Å²) in [6.07, 6.45) is -0.296. The lowest BCUT2D eigenvalue weighted by Gasteiger charge is -2.21. The van der Waals surface area contributed by atoms with Gasteiger partial charge in [0.15, 0.2) is 6.61 Å². The first-order chi connectivity index (χ1) is 12.8. The number of ether oxygens (including phenoxy) is 1. The van der Waals surface area contributed by atoms with Crippen molar-refractivity contribution in [3.8, 4) is 0 Å². The van der Waals surface area contributed by atoms with E-state index in [0.29, 0.717) is 11.4 Å². The van der Waals surface area contributed by atoms with Crippen LogP contribution in [0.4, 0.5) is 13.2 Å². The van der Waals surface area contributed by atoms with Crippen molar-refractivity contribution in [3.05, 3.63) is 29.8 Å². The van der Waals surface area contributed by atoms with Gasteiger partial charge in [0.25, 0.3) is 5.91 Å². The molecule has 2 N–H and O–H groups in total. The molecule has 2 aromatic rings. The minimum Gasteiger partial charge on any atom is -0.450 e. The van der Waals surface area contributed by atoms with E-state index in [4.69, 9.17) is 4.42 Å². The fourth-order valence-corrected chi connectivity index (χ4v) is 3.60. The Balaban J connectivity index is 1.45. The van der Waals surface area contributed by atoms with Crippen LogP contribution in [0.3, 0.4) is 0 Å². The Kier molecular flexibility index (Phi) is 4.29. The third-order valence-corrected chi connectivity index (χ3v) is 4.82. The molecule has 1 amide bonds. The van der Waals surface area contributed by atoms with E-state index in [1.165, 1.54) is 18.3 Å². The van der Waals surface area contributed by atoms with Crippen LogP contribution >= 0.6 is 0 Å². The molecule has 2 fully saturated rings. The van der Waals surface area contributed by atoms with E-state index in [-0.39, 0.29) is 35.0 Å². The summed E-state index contributed by atoms with van der Waals surface area (Å²) in [5, 5.41) is 6.73. The van der Waals surface area contributed by atoms with Crippen LogP contribution in [0.2, 0.25) is 0 Å². The van der Waals surface area contributed by atoms with Crippen molar-refractivity contribution in [1.82, 2.24) is 15.6 Å². The minimum absolute atomic E-state index is 0.0401. The lowest BCUT2D eigenvalue weighted by Crippen LogP contribution is -2.43. The zero-order valence-corrected chi connectivity index (χ0v) is 14.0. The summed E-state index contributed by atoms with van der Waals surface area (Å²) < 4.78 is 45.8. The van der Waals surface area contributed by atoms with Gasteiger partial charge in [-0.05, 0) is 19.3 Å². The van der Waals surface area contributed by atoms with Crippen LogP contribution in [0, 0.1) is 0 Å². The number of fused-ring (bicyclic) bond motifs is 3. The molecular weight excluding hydrogens is 367 g/mol. The molecule has 2 aliphatic heterocycles. The highest BCUT2D eigenvalue weighted by molar-refractivity contribution is 5.97. The molecule has 0 aliphatic carbocycles. The molecule has 0 aromatic carbocycles. The normalized spacial score (nSPS) is 24.3. The molecule has 2 aliphatic rings. The summed E-state index contributed by atoms with van der Waals surface area (Å²) in [5.41, 5.74) is 0.273. The number of carbonyl (C=O) groups excluding carboxylic acids is 2. The van der Waals surface area contributed by atoms with Gasteiger partial charge in [0.05, 0.1) is 0 Å². The number of nitrogens with one attached hydrogen (secondary N) is 2. The number of hydrogen-bond acceptors (Lipinski definition) is 6. The summed E-state index contributed by atoms with van der Waals surface area (Å²) in [5.74, 6) is -1.98. The van der Waals surface area contributed by atoms with Crippen molar-refractivity contribution in [3.63, 3.8) is 0 Å². The molecule has 10 heteroatoms. The van der Waals surface area contributed by atoms with Gasteiger partial charge < -0.3 is 19.8 Å². The molecule has 7 nitrogen and oxygen atoms in total. The van der Waals surface area contributed by atoms with Crippen molar-refractivity contribution >= 4 is 22.8 Å². The molecule has 0 saturated carbocycles. The van der Waals surface area contributed by atoms with Crippen molar-refractivity contribution < 1.29 is 31.9 Å².